The van der Waals surface area contributed by atoms with Gasteiger partial charge in [-0.25, -0.2) is 4.68 Å². The quantitative estimate of drug-likeness (QED) is 0.735. The van der Waals surface area contributed by atoms with Crippen LogP contribution in [0.4, 0.5) is 0 Å². The molecular formula is C19H19N3O4. The van der Waals surface area contributed by atoms with Crippen molar-refractivity contribution in [1.29, 1.82) is 0 Å². The van der Waals surface area contributed by atoms with E-state index in [0.717, 1.165) is 23.9 Å². The summed E-state index contributed by atoms with van der Waals surface area (Å²) < 4.78 is 12.3. The van der Waals surface area contributed by atoms with Crippen LogP contribution < -0.4 is 15.6 Å². The minimum absolute atomic E-state index is 0.169. The van der Waals surface area contributed by atoms with Crippen LogP contribution in [0.5, 0.6) is 5.75 Å². The van der Waals surface area contributed by atoms with Crippen LogP contribution in [-0.4, -0.2) is 29.3 Å². The van der Waals surface area contributed by atoms with Crippen LogP contribution in [0.25, 0.3) is 11.0 Å². The molecule has 0 unspecified atom stereocenters. The van der Waals surface area contributed by atoms with E-state index in [0.29, 0.717) is 23.8 Å². The number of nitrogens with zero attached hydrogens (tertiary/aromatic N) is 2. The monoisotopic (exact) mass is 353 g/mol. The van der Waals surface area contributed by atoms with Crippen molar-refractivity contribution >= 4 is 16.9 Å². The van der Waals surface area contributed by atoms with Crippen molar-refractivity contribution in [1.82, 2.24) is 15.1 Å². The van der Waals surface area contributed by atoms with Gasteiger partial charge in [0.25, 0.3) is 11.5 Å². The van der Waals surface area contributed by atoms with E-state index in [1.165, 1.54) is 10.7 Å². The van der Waals surface area contributed by atoms with Crippen LogP contribution in [0, 0.1) is 0 Å². The highest BCUT2D eigenvalue weighted by Crippen LogP contribution is 2.38. The zero-order valence-electron chi connectivity index (χ0n) is 14.4. The van der Waals surface area contributed by atoms with E-state index in [1.54, 1.807) is 25.3 Å². The fourth-order valence-corrected chi connectivity index (χ4v) is 2.89. The van der Waals surface area contributed by atoms with Gasteiger partial charge in [0, 0.05) is 23.9 Å². The molecule has 0 spiro atoms. The van der Waals surface area contributed by atoms with Gasteiger partial charge < -0.3 is 14.5 Å². The number of rotatable bonds is 6. The number of carbonyl (C=O) groups excluding carboxylic acids is 1. The smallest absolute Gasteiger partial charge is 0.287 e. The summed E-state index contributed by atoms with van der Waals surface area (Å²) in [5.41, 5.74) is 1.31. The van der Waals surface area contributed by atoms with Crippen molar-refractivity contribution in [2.24, 2.45) is 0 Å². The maximum Gasteiger partial charge on any atom is 0.287 e. The molecule has 4 rings (SSSR count). The van der Waals surface area contributed by atoms with E-state index >= 15 is 0 Å². The van der Waals surface area contributed by atoms with Crippen molar-refractivity contribution < 1.29 is 13.9 Å². The SMILES string of the molecule is COc1cccc2cc(C(=O)NCCn3nc(C4CC4)ccc3=O)oc12. The Balaban J connectivity index is 1.43. The first kappa shape index (κ1) is 16.4. The number of hydrogen-bond donors (Lipinski definition) is 1. The molecule has 1 fully saturated rings. The van der Waals surface area contributed by atoms with Gasteiger partial charge in [-0.2, -0.15) is 5.10 Å². The molecule has 1 aliphatic carbocycles. The second-order valence-electron chi connectivity index (χ2n) is 6.34. The van der Waals surface area contributed by atoms with Crippen LogP contribution in [0.15, 0.2) is 45.6 Å². The molecule has 2 aromatic heterocycles. The summed E-state index contributed by atoms with van der Waals surface area (Å²) in [6.45, 7) is 0.600. The first-order valence-corrected chi connectivity index (χ1v) is 8.58. The van der Waals surface area contributed by atoms with E-state index in [-0.39, 0.29) is 23.8 Å². The molecule has 26 heavy (non-hydrogen) atoms. The summed E-state index contributed by atoms with van der Waals surface area (Å²) in [6.07, 6.45) is 2.24. The molecular weight excluding hydrogens is 334 g/mol. The molecule has 1 aliphatic rings. The molecule has 3 aromatic rings. The number of hydrogen-bond acceptors (Lipinski definition) is 5. The maximum absolute atomic E-state index is 12.3. The number of ether oxygens (including phenoxy) is 1. The lowest BCUT2D eigenvalue weighted by molar-refractivity contribution is 0.0926. The molecule has 0 saturated heterocycles. The zero-order chi connectivity index (χ0) is 18.1. The molecule has 0 atom stereocenters. The van der Waals surface area contributed by atoms with Gasteiger partial charge in [0.05, 0.1) is 19.3 Å². The topological polar surface area (TPSA) is 86.4 Å². The Morgan fingerprint density at radius 2 is 2.19 bits per heavy atom. The van der Waals surface area contributed by atoms with E-state index in [9.17, 15) is 9.59 Å². The third-order valence-electron chi connectivity index (χ3n) is 4.44. The number of methoxy groups -OCH3 is 1. The molecule has 7 nitrogen and oxygen atoms in total. The first-order valence-electron chi connectivity index (χ1n) is 8.58. The van der Waals surface area contributed by atoms with Gasteiger partial charge in [0.1, 0.15) is 0 Å². The molecule has 134 valence electrons. The van der Waals surface area contributed by atoms with Crippen LogP contribution >= 0.6 is 0 Å². The Hall–Kier alpha value is -3.09. The third kappa shape index (κ3) is 3.20. The number of furan rings is 1. The van der Waals surface area contributed by atoms with Crippen molar-refractivity contribution in [2.75, 3.05) is 13.7 Å². The molecule has 7 heteroatoms. The Morgan fingerprint density at radius 3 is 2.96 bits per heavy atom. The largest absolute Gasteiger partial charge is 0.493 e. The summed E-state index contributed by atoms with van der Waals surface area (Å²) in [6, 6.07) is 10.5. The van der Waals surface area contributed by atoms with Crippen LogP contribution in [0.1, 0.15) is 35.0 Å². The average Bonchev–Trinajstić information content (AvgIpc) is 3.40. The van der Waals surface area contributed by atoms with E-state index in [2.05, 4.69) is 10.4 Å². The number of carbonyl (C=O) groups is 1. The number of benzene rings is 1. The number of nitrogens with one attached hydrogen (secondary N) is 1. The maximum atomic E-state index is 12.3. The molecule has 1 saturated carbocycles. The van der Waals surface area contributed by atoms with Gasteiger partial charge in [-0.05, 0) is 31.0 Å². The third-order valence-corrected chi connectivity index (χ3v) is 4.44. The van der Waals surface area contributed by atoms with E-state index in [1.807, 2.05) is 12.1 Å². The number of amides is 1. The fraction of sp³-hybridized carbons (Fsp3) is 0.316. The van der Waals surface area contributed by atoms with Crippen LogP contribution in [-0.2, 0) is 6.54 Å². The van der Waals surface area contributed by atoms with Crippen molar-refractivity contribution in [3.05, 3.63) is 58.2 Å². The minimum Gasteiger partial charge on any atom is -0.493 e. The zero-order valence-corrected chi connectivity index (χ0v) is 14.4. The highest BCUT2D eigenvalue weighted by atomic mass is 16.5. The lowest BCUT2D eigenvalue weighted by Gasteiger charge is -2.07. The van der Waals surface area contributed by atoms with Gasteiger partial charge in [-0.3, -0.25) is 9.59 Å². The summed E-state index contributed by atoms with van der Waals surface area (Å²) >= 11 is 0. The molecule has 1 N–H and O–H groups in total. The van der Waals surface area contributed by atoms with Gasteiger partial charge in [0.15, 0.2) is 17.1 Å². The molecule has 1 aromatic carbocycles. The first-order chi connectivity index (χ1) is 12.7. The predicted octanol–water partition coefficient (Wildman–Crippen LogP) is 2.31. The average molecular weight is 353 g/mol. The molecule has 0 aliphatic heterocycles. The van der Waals surface area contributed by atoms with Gasteiger partial charge in [-0.15, -0.1) is 0 Å². The number of fused-ring (bicyclic) bond motifs is 1. The standard InChI is InChI=1S/C19H19N3O4/c1-25-15-4-2-3-13-11-16(26-18(13)15)19(24)20-9-10-22-17(23)8-7-14(21-22)12-5-6-12/h2-4,7-8,11-12H,5-6,9-10H2,1H3,(H,20,24). The minimum atomic E-state index is -0.338. The van der Waals surface area contributed by atoms with E-state index in [4.69, 9.17) is 9.15 Å². The van der Waals surface area contributed by atoms with Crippen molar-refractivity contribution in [3.63, 3.8) is 0 Å². The summed E-state index contributed by atoms with van der Waals surface area (Å²) in [7, 11) is 1.55. The Morgan fingerprint density at radius 1 is 1.35 bits per heavy atom. The Labute approximate surface area is 149 Å². The number of aromatic nitrogens is 2. The van der Waals surface area contributed by atoms with Gasteiger partial charge in [0.2, 0.25) is 0 Å². The summed E-state index contributed by atoms with van der Waals surface area (Å²) in [4.78, 5) is 24.2. The van der Waals surface area contributed by atoms with Crippen molar-refractivity contribution in [3.8, 4) is 5.75 Å². The van der Waals surface area contributed by atoms with Gasteiger partial charge >= 0.3 is 0 Å². The van der Waals surface area contributed by atoms with Crippen LogP contribution in [0.2, 0.25) is 0 Å². The van der Waals surface area contributed by atoms with Crippen molar-refractivity contribution in [2.45, 2.75) is 25.3 Å². The summed E-state index contributed by atoms with van der Waals surface area (Å²) in [5.74, 6) is 0.919. The van der Waals surface area contributed by atoms with Gasteiger partial charge in [-0.1, -0.05) is 12.1 Å². The second-order valence-corrected chi connectivity index (χ2v) is 6.34. The van der Waals surface area contributed by atoms with Crippen LogP contribution in [0.3, 0.4) is 0 Å². The fourth-order valence-electron chi connectivity index (χ4n) is 2.89. The molecule has 1 amide bonds. The highest BCUT2D eigenvalue weighted by Gasteiger charge is 2.25. The lowest BCUT2D eigenvalue weighted by atomic mass is 10.2. The Bertz CT molecular complexity index is 1020. The molecule has 2 heterocycles. The lowest BCUT2D eigenvalue weighted by Crippen LogP contribution is -2.32. The Kier molecular flexibility index (Phi) is 4.20. The summed E-state index contributed by atoms with van der Waals surface area (Å²) in [5, 5.41) is 7.93. The second kappa shape index (κ2) is 6.67. The predicted molar refractivity (Wildman–Crippen MR) is 95.6 cm³/mol. The number of para-hydroxylation sites is 1. The van der Waals surface area contributed by atoms with E-state index < -0.39 is 0 Å². The molecule has 0 radical (unpaired) electrons. The molecule has 0 bridgehead atoms. The highest BCUT2D eigenvalue weighted by molar-refractivity contribution is 5.97. The normalized spacial score (nSPS) is 13.7.